The van der Waals surface area contributed by atoms with Crippen LogP contribution in [0, 0.1) is 5.82 Å². The van der Waals surface area contributed by atoms with Crippen LogP contribution in [-0.4, -0.2) is 30.9 Å². The van der Waals surface area contributed by atoms with Crippen molar-refractivity contribution in [2.24, 2.45) is 5.14 Å². The number of hydrogen-bond acceptors (Lipinski definition) is 4. The quantitative estimate of drug-likeness (QED) is 0.604. The summed E-state index contributed by atoms with van der Waals surface area (Å²) in [7, 11) is -4.11. The molecule has 1 amide bonds. The van der Waals surface area contributed by atoms with Crippen molar-refractivity contribution in [2.75, 3.05) is 6.54 Å². The lowest BCUT2D eigenvalue weighted by molar-refractivity contribution is 0.0599. The lowest BCUT2D eigenvalue weighted by atomic mass is 10.1. The molecule has 30 heavy (non-hydrogen) atoms. The van der Waals surface area contributed by atoms with Crippen molar-refractivity contribution in [2.45, 2.75) is 17.5 Å². The molecule has 0 saturated carbocycles. The van der Waals surface area contributed by atoms with Crippen LogP contribution in [0.1, 0.15) is 27.6 Å². The van der Waals surface area contributed by atoms with Gasteiger partial charge in [0.25, 0.3) is 5.91 Å². The van der Waals surface area contributed by atoms with Gasteiger partial charge in [-0.15, -0.1) is 0 Å². The highest BCUT2D eigenvalue weighted by Gasteiger charge is 2.24. The van der Waals surface area contributed by atoms with Crippen LogP contribution in [0.4, 0.5) is 4.39 Å². The second-order valence-corrected chi connectivity index (χ2v) is 8.35. The maximum absolute atomic E-state index is 14.4. The van der Waals surface area contributed by atoms with Gasteiger partial charge in [0.2, 0.25) is 10.0 Å². The predicted molar refractivity (Wildman–Crippen MR) is 110 cm³/mol. The number of aliphatic hydroxyl groups is 1. The van der Waals surface area contributed by atoms with Gasteiger partial charge in [-0.2, -0.15) is 0 Å². The molecule has 0 aromatic heterocycles. The molecule has 0 fully saturated rings. The van der Waals surface area contributed by atoms with E-state index in [2.05, 4.69) is 0 Å². The number of amides is 1. The smallest absolute Gasteiger partial charge is 0.257 e. The van der Waals surface area contributed by atoms with Gasteiger partial charge in [0.05, 0.1) is 23.1 Å². The maximum atomic E-state index is 14.4. The Morgan fingerprint density at radius 1 is 1.00 bits per heavy atom. The third-order valence-corrected chi connectivity index (χ3v) is 5.49. The molecular formula is C22H21FN2O4S. The van der Waals surface area contributed by atoms with Crippen LogP contribution >= 0.6 is 0 Å². The molecule has 0 aliphatic heterocycles. The fourth-order valence-corrected chi connectivity index (χ4v) is 3.57. The molecule has 6 nitrogen and oxygen atoms in total. The van der Waals surface area contributed by atoms with Gasteiger partial charge in [-0.25, -0.2) is 17.9 Å². The van der Waals surface area contributed by atoms with Crippen molar-refractivity contribution in [1.82, 2.24) is 4.90 Å². The second-order valence-electron chi connectivity index (χ2n) is 6.78. The van der Waals surface area contributed by atoms with E-state index >= 15 is 0 Å². The summed E-state index contributed by atoms with van der Waals surface area (Å²) in [6, 6.07) is 20.6. The van der Waals surface area contributed by atoms with Crippen LogP contribution in [0.5, 0.6) is 0 Å². The van der Waals surface area contributed by atoms with Gasteiger partial charge in [0.1, 0.15) is 5.82 Å². The first-order valence-electron chi connectivity index (χ1n) is 9.14. The lowest BCUT2D eigenvalue weighted by Crippen LogP contribution is -2.35. The fraction of sp³-hybridized carbons (Fsp3) is 0.136. The van der Waals surface area contributed by atoms with Crippen LogP contribution in [0.2, 0.25) is 0 Å². The first kappa shape index (κ1) is 21.6. The number of benzene rings is 3. The van der Waals surface area contributed by atoms with Gasteiger partial charge in [0, 0.05) is 6.54 Å². The van der Waals surface area contributed by atoms with E-state index in [0.29, 0.717) is 5.56 Å². The van der Waals surface area contributed by atoms with Crippen LogP contribution < -0.4 is 5.14 Å². The van der Waals surface area contributed by atoms with Crippen molar-refractivity contribution < 1.29 is 22.7 Å². The second kappa shape index (κ2) is 9.17. The van der Waals surface area contributed by atoms with Crippen molar-refractivity contribution in [3.63, 3.8) is 0 Å². The van der Waals surface area contributed by atoms with Crippen molar-refractivity contribution >= 4 is 15.9 Å². The first-order chi connectivity index (χ1) is 14.3. The number of nitrogens with two attached hydrogens (primary N) is 1. The van der Waals surface area contributed by atoms with Gasteiger partial charge < -0.3 is 10.0 Å². The standard InChI is InChI=1S/C22H21FN2O4S/c23-20-12-11-18(30(24,28)29)13-19(20)22(27)25(14-16-7-3-1-4-8-16)15-21(26)17-9-5-2-6-10-17/h1-13,21,26H,14-15H2,(H2,24,28,29). The van der Waals surface area contributed by atoms with E-state index in [1.54, 1.807) is 54.6 Å². The minimum Gasteiger partial charge on any atom is -0.387 e. The third-order valence-electron chi connectivity index (χ3n) is 4.58. The number of carbonyl (C=O) groups excluding carboxylic acids is 1. The Bertz CT molecular complexity index is 1120. The maximum Gasteiger partial charge on any atom is 0.257 e. The summed E-state index contributed by atoms with van der Waals surface area (Å²) >= 11 is 0. The molecular weight excluding hydrogens is 407 g/mol. The zero-order chi connectivity index (χ0) is 21.7. The molecule has 0 radical (unpaired) electrons. The van der Waals surface area contributed by atoms with E-state index in [1.807, 2.05) is 6.07 Å². The highest BCUT2D eigenvalue weighted by atomic mass is 32.2. The van der Waals surface area contributed by atoms with Gasteiger partial charge in [-0.1, -0.05) is 60.7 Å². The van der Waals surface area contributed by atoms with E-state index in [-0.39, 0.29) is 18.0 Å². The molecule has 0 saturated heterocycles. The number of rotatable bonds is 7. The van der Waals surface area contributed by atoms with Gasteiger partial charge in [-0.3, -0.25) is 4.79 Å². The molecule has 156 valence electrons. The predicted octanol–water partition coefficient (Wildman–Crippen LogP) is 2.85. The summed E-state index contributed by atoms with van der Waals surface area (Å²) in [6.07, 6.45) is -1.01. The number of hydrogen-bond donors (Lipinski definition) is 2. The van der Waals surface area contributed by atoms with Crippen LogP contribution in [-0.2, 0) is 16.6 Å². The van der Waals surface area contributed by atoms with E-state index in [4.69, 9.17) is 5.14 Å². The molecule has 0 aliphatic carbocycles. The summed E-state index contributed by atoms with van der Waals surface area (Å²) in [4.78, 5) is 14.1. The van der Waals surface area contributed by atoms with E-state index < -0.39 is 33.4 Å². The van der Waals surface area contributed by atoms with E-state index in [0.717, 1.165) is 23.8 Å². The molecule has 0 spiro atoms. The largest absolute Gasteiger partial charge is 0.387 e. The van der Waals surface area contributed by atoms with Gasteiger partial charge in [-0.05, 0) is 29.3 Å². The number of primary sulfonamides is 1. The fourth-order valence-electron chi connectivity index (χ4n) is 3.03. The molecule has 3 aromatic rings. The number of nitrogens with zero attached hydrogens (tertiary/aromatic N) is 1. The minimum absolute atomic E-state index is 0.0998. The number of carbonyl (C=O) groups is 1. The summed E-state index contributed by atoms with van der Waals surface area (Å²) in [5.74, 6) is -1.63. The molecule has 3 rings (SSSR count). The Balaban J connectivity index is 1.96. The molecule has 1 atom stereocenters. The Labute approximate surface area is 174 Å². The van der Waals surface area contributed by atoms with E-state index in [9.17, 15) is 22.7 Å². The zero-order valence-corrected chi connectivity index (χ0v) is 16.8. The van der Waals surface area contributed by atoms with Crippen LogP contribution in [0.15, 0.2) is 83.8 Å². The Morgan fingerprint density at radius 2 is 1.60 bits per heavy atom. The highest BCUT2D eigenvalue weighted by Crippen LogP contribution is 2.21. The number of aliphatic hydroxyl groups excluding tert-OH is 1. The Kier molecular flexibility index (Phi) is 6.61. The van der Waals surface area contributed by atoms with E-state index in [1.165, 1.54) is 4.90 Å². The average molecular weight is 428 g/mol. The normalized spacial score (nSPS) is 12.4. The highest BCUT2D eigenvalue weighted by molar-refractivity contribution is 7.89. The minimum atomic E-state index is -4.11. The SMILES string of the molecule is NS(=O)(=O)c1ccc(F)c(C(=O)N(Cc2ccccc2)CC(O)c2ccccc2)c1. The molecule has 0 aliphatic rings. The van der Waals surface area contributed by atoms with Crippen molar-refractivity contribution in [3.8, 4) is 0 Å². The Hall–Kier alpha value is -3.07. The summed E-state index contributed by atoms with van der Waals surface area (Å²) < 4.78 is 37.7. The average Bonchev–Trinajstić information content (AvgIpc) is 2.73. The monoisotopic (exact) mass is 428 g/mol. The summed E-state index contributed by atoms with van der Waals surface area (Å²) in [5, 5.41) is 15.7. The topological polar surface area (TPSA) is 101 Å². The number of sulfonamides is 1. The van der Waals surface area contributed by atoms with Crippen molar-refractivity contribution in [1.29, 1.82) is 0 Å². The van der Waals surface area contributed by atoms with Crippen molar-refractivity contribution in [3.05, 3.63) is 101 Å². The lowest BCUT2D eigenvalue weighted by Gasteiger charge is -2.26. The molecule has 8 heteroatoms. The zero-order valence-electron chi connectivity index (χ0n) is 16.0. The molecule has 1 unspecified atom stereocenters. The Morgan fingerprint density at radius 3 is 2.20 bits per heavy atom. The third kappa shape index (κ3) is 5.29. The molecule has 3 aromatic carbocycles. The van der Waals surface area contributed by atoms with Gasteiger partial charge in [0.15, 0.2) is 0 Å². The molecule has 0 bridgehead atoms. The van der Waals surface area contributed by atoms with Crippen LogP contribution in [0.3, 0.4) is 0 Å². The van der Waals surface area contributed by atoms with Crippen LogP contribution in [0.25, 0.3) is 0 Å². The molecule has 3 N–H and O–H groups in total. The first-order valence-corrected chi connectivity index (χ1v) is 10.7. The summed E-state index contributed by atoms with van der Waals surface area (Å²) in [5.41, 5.74) is 0.939. The molecule has 0 heterocycles. The summed E-state index contributed by atoms with van der Waals surface area (Å²) in [6.45, 7) is -0.0145. The van der Waals surface area contributed by atoms with Gasteiger partial charge >= 0.3 is 0 Å². The number of halogens is 1.